The smallest absolute Gasteiger partial charge is 0.222 e. The van der Waals surface area contributed by atoms with Crippen molar-refractivity contribution in [2.24, 2.45) is 0 Å². The fourth-order valence-electron chi connectivity index (χ4n) is 3.82. The summed E-state index contributed by atoms with van der Waals surface area (Å²) in [5.74, 6) is 1.91. The Bertz CT molecular complexity index is 867. The number of hydrogen-bond donors (Lipinski definition) is 2. The van der Waals surface area contributed by atoms with Gasteiger partial charge >= 0.3 is 0 Å². The number of carbonyl (C=O) groups is 1. The number of anilines is 1. The predicted molar refractivity (Wildman–Crippen MR) is 117 cm³/mol. The highest BCUT2D eigenvalue weighted by molar-refractivity contribution is 5.75. The van der Waals surface area contributed by atoms with Gasteiger partial charge in [-0.1, -0.05) is 12.1 Å². The Balaban J connectivity index is 1.56. The van der Waals surface area contributed by atoms with Crippen molar-refractivity contribution in [1.82, 2.24) is 20.2 Å². The van der Waals surface area contributed by atoms with E-state index in [1.165, 1.54) is 6.07 Å². The van der Waals surface area contributed by atoms with Gasteiger partial charge in [0.15, 0.2) is 0 Å². The molecule has 162 valence electrons. The molecule has 0 atom stereocenters. The lowest BCUT2D eigenvalue weighted by Gasteiger charge is -2.23. The minimum absolute atomic E-state index is 0.0851. The van der Waals surface area contributed by atoms with E-state index in [2.05, 4.69) is 15.6 Å². The van der Waals surface area contributed by atoms with Gasteiger partial charge in [-0.25, -0.2) is 14.4 Å². The average Bonchev–Trinajstić information content (AvgIpc) is 2.76. The summed E-state index contributed by atoms with van der Waals surface area (Å²) in [4.78, 5) is 23.7. The van der Waals surface area contributed by atoms with E-state index in [1.807, 2.05) is 26.2 Å². The van der Waals surface area contributed by atoms with Gasteiger partial charge in [0, 0.05) is 32.5 Å². The predicted octanol–water partition coefficient (Wildman–Crippen LogP) is 3.41. The Labute approximate surface area is 178 Å². The summed E-state index contributed by atoms with van der Waals surface area (Å²) in [6.45, 7) is 4.19. The van der Waals surface area contributed by atoms with Gasteiger partial charge in [0.05, 0.1) is 12.2 Å². The maximum Gasteiger partial charge on any atom is 0.222 e. The van der Waals surface area contributed by atoms with Gasteiger partial charge in [0.1, 0.15) is 17.5 Å². The number of hydrogen-bond acceptors (Lipinski definition) is 5. The van der Waals surface area contributed by atoms with Crippen LogP contribution in [0.15, 0.2) is 24.3 Å². The fourth-order valence-corrected chi connectivity index (χ4v) is 3.82. The van der Waals surface area contributed by atoms with Crippen LogP contribution in [0.1, 0.15) is 54.2 Å². The zero-order valence-corrected chi connectivity index (χ0v) is 18.2. The lowest BCUT2D eigenvalue weighted by molar-refractivity contribution is -0.130. The molecule has 1 aliphatic heterocycles. The third-order valence-electron chi connectivity index (χ3n) is 5.66. The van der Waals surface area contributed by atoms with E-state index < -0.39 is 0 Å². The number of piperidine rings is 1. The molecule has 1 fully saturated rings. The second kappa shape index (κ2) is 10.5. The molecule has 0 aliphatic carbocycles. The lowest BCUT2D eigenvalue weighted by Crippen LogP contribution is -2.29. The fraction of sp³-hybridized carbons (Fsp3) is 0.522. The van der Waals surface area contributed by atoms with E-state index in [-0.39, 0.29) is 11.7 Å². The summed E-state index contributed by atoms with van der Waals surface area (Å²) in [6.07, 6.45) is 4.02. The van der Waals surface area contributed by atoms with Gasteiger partial charge in [-0.15, -0.1) is 0 Å². The number of aryl methyl sites for hydroxylation is 2. The topological polar surface area (TPSA) is 70.2 Å². The molecular formula is C23H32FN5O. The number of aromatic nitrogens is 2. The molecule has 7 heteroatoms. The first-order valence-electron chi connectivity index (χ1n) is 10.7. The van der Waals surface area contributed by atoms with Crippen LogP contribution < -0.4 is 10.6 Å². The largest absolute Gasteiger partial charge is 0.373 e. The lowest BCUT2D eigenvalue weighted by atomic mass is 9.97. The van der Waals surface area contributed by atoms with E-state index in [9.17, 15) is 9.18 Å². The van der Waals surface area contributed by atoms with Crippen LogP contribution in [-0.4, -0.2) is 48.0 Å². The number of nitrogens with one attached hydrogen (secondary N) is 2. The first-order chi connectivity index (χ1) is 14.5. The highest BCUT2D eigenvalue weighted by Crippen LogP contribution is 2.24. The van der Waals surface area contributed by atoms with Gasteiger partial charge in [0.25, 0.3) is 0 Å². The third kappa shape index (κ3) is 5.98. The Hall–Kier alpha value is -2.54. The summed E-state index contributed by atoms with van der Waals surface area (Å²) < 4.78 is 13.4. The minimum Gasteiger partial charge on any atom is -0.373 e. The van der Waals surface area contributed by atoms with Gasteiger partial charge < -0.3 is 15.5 Å². The Kier molecular flexibility index (Phi) is 7.74. The normalized spacial score (nSPS) is 14.5. The SMILES string of the molecule is CNc1cc(CN(C)C(=O)CCCc2ccc(F)c(C)c2)nc(C2CCNCC2)n1. The molecule has 0 spiro atoms. The van der Waals surface area contributed by atoms with Crippen LogP contribution in [0.4, 0.5) is 10.2 Å². The average molecular weight is 414 g/mol. The van der Waals surface area contributed by atoms with Gasteiger partial charge in [-0.2, -0.15) is 0 Å². The van der Waals surface area contributed by atoms with Crippen LogP contribution in [0.5, 0.6) is 0 Å². The first-order valence-corrected chi connectivity index (χ1v) is 10.7. The molecule has 3 rings (SSSR count). The molecule has 0 saturated carbocycles. The molecule has 0 bridgehead atoms. The summed E-state index contributed by atoms with van der Waals surface area (Å²) in [6, 6.07) is 7.05. The van der Waals surface area contributed by atoms with Crippen molar-refractivity contribution >= 4 is 11.7 Å². The number of carbonyl (C=O) groups excluding carboxylic acids is 1. The molecule has 6 nitrogen and oxygen atoms in total. The second-order valence-corrected chi connectivity index (χ2v) is 8.06. The van der Waals surface area contributed by atoms with E-state index >= 15 is 0 Å². The van der Waals surface area contributed by atoms with Crippen LogP contribution in [0.2, 0.25) is 0 Å². The van der Waals surface area contributed by atoms with Crippen LogP contribution >= 0.6 is 0 Å². The summed E-state index contributed by atoms with van der Waals surface area (Å²) in [5, 5.41) is 6.48. The van der Waals surface area contributed by atoms with Crippen molar-refractivity contribution in [2.75, 3.05) is 32.5 Å². The highest BCUT2D eigenvalue weighted by atomic mass is 19.1. The number of halogens is 1. The number of nitrogens with zero attached hydrogens (tertiary/aromatic N) is 3. The second-order valence-electron chi connectivity index (χ2n) is 8.06. The van der Waals surface area contributed by atoms with Crippen molar-refractivity contribution in [3.63, 3.8) is 0 Å². The standard InChI is InChI=1S/C23H32FN5O/c1-16-13-17(7-8-20(16)24)5-4-6-22(30)29(3)15-19-14-21(25-2)28-23(27-19)18-9-11-26-12-10-18/h7-8,13-14,18,26H,4-6,9-12,15H2,1-3H3,(H,25,27,28). The number of benzene rings is 1. The van der Waals surface area contributed by atoms with Gasteiger partial charge in [0.2, 0.25) is 5.91 Å². The van der Waals surface area contributed by atoms with Crippen molar-refractivity contribution in [1.29, 1.82) is 0 Å². The molecule has 2 aromatic rings. The Morgan fingerprint density at radius 1 is 1.27 bits per heavy atom. The quantitative estimate of drug-likeness (QED) is 0.694. The van der Waals surface area contributed by atoms with Crippen LogP contribution in [0.3, 0.4) is 0 Å². The van der Waals surface area contributed by atoms with Crippen LogP contribution in [-0.2, 0) is 17.8 Å². The molecule has 0 radical (unpaired) electrons. The molecule has 1 aliphatic rings. The maximum absolute atomic E-state index is 13.4. The van der Waals surface area contributed by atoms with E-state index in [1.54, 1.807) is 17.9 Å². The molecule has 1 aromatic carbocycles. The molecule has 0 unspecified atom stereocenters. The molecule has 1 aromatic heterocycles. The van der Waals surface area contributed by atoms with E-state index in [4.69, 9.17) is 4.98 Å². The summed E-state index contributed by atoms with van der Waals surface area (Å²) in [5.41, 5.74) is 2.56. The molecule has 2 heterocycles. The molecule has 1 saturated heterocycles. The number of rotatable bonds is 8. The zero-order chi connectivity index (χ0) is 21.5. The van der Waals surface area contributed by atoms with Crippen molar-refractivity contribution < 1.29 is 9.18 Å². The molecule has 1 amide bonds. The molecule has 30 heavy (non-hydrogen) atoms. The third-order valence-corrected chi connectivity index (χ3v) is 5.66. The van der Waals surface area contributed by atoms with Crippen molar-refractivity contribution in [3.8, 4) is 0 Å². The molecule has 2 N–H and O–H groups in total. The van der Waals surface area contributed by atoms with Crippen molar-refractivity contribution in [3.05, 3.63) is 52.7 Å². The summed E-state index contributed by atoms with van der Waals surface area (Å²) in [7, 11) is 3.67. The Morgan fingerprint density at radius 3 is 2.73 bits per heavy atom. The van der Waals surface area contributed by atoms with Gasteiger partial charge in [-0.05, 0) is 62.9 Å². The Morgan fingerprint density at radius 2 is 2.03 bits per heavy atom. The van der Waals surface area contributed by atoms with E-state index in [0.717, 1.165) is 61.7 Å². The maximum atomic E-state index is 13.4. The van der Waals surface area contributed by atoms with Crippen LogP contribution in [0.25, 0.3) is 0 Å². The molecular weight excluding hydrogens is 381 g/mol. The monoisotopic (exact) mass is 413 g/mol. The van der Waals surface area contributed by atoms with Crippen LogP contribution in [0, 0.1) is 12.7 Å². The minimum atomic E-state index is -0.191. The zero-order valence-electron chi connectivity index (χ0n) is 18.2. The number of amides is 1. The van der Waals surface area contributed by atoms with Gasteiger partial charge in [-0.3, -0.25) is 4.79 Å². The highest BCUT2D eigenvalue weighted by Gasteiger charge is 2.20. The first kappa shape index (κ1) is 22.2. The van der Waals surface area contributed by atoms with E-state index in [0.29, 0.717) is 24.4 Å². The summed E-state index contributed by atoms with van der Waals surface area (Å²) >= 11 is 0. The van der Waals surface area contributed by atoms with Crippen molar-refractivity contribution in [2.45, 2.75) is 51.5 Å².